The number of esters is 3. The maximum absolute atomic E-state index is 12.8. The standard InChI is InChI=1S/C59H110O6/c1-4-7-10-13-16-19-22-25-28-29-30-32-34-37-40-43-46-49-52-58(61)64-55-56(54-63-57(60)51-48-45-42-39-36-33-27-24-21-18-15-12-9-6-3)65-59(62)53-50-47-44-41-38-35-31-26-23-20-17-14-11-8-5-2/h9,12,18,21,56H,4-8,10-11,13-17,19-20,22-55H2,1-3H3/b12-9-,21-18-. The Bertz CT molecular complexity index is 1050. The predicted octanol–water partition coefficient (Wildman–Crippen LogP) is 19.1. The molecule has 0 aliphatic rings. The number of carbonyl (C=O) groups excluding carboxylic acids is 3. The van der Waals surface area contributed by atoms with Crippen LogP contribution in [0.5, 0.6) is 0 Å². The van der Waals surface area contributed by atoms with Crippen LogP contribution in [0.1, 0.15) is 316 Å². The van der Waals surface area contributed by atoms with Gasteiger partial charge in [0.25, 0.3) is 0 Å². The van der Waals surface area contributed by atoms with Gasteiger partial charge in [0.1, 0.15) is 13.2 Å². The molecule has 6 nitrogen and oxygen atoms in total. The van der Waals surface area contributed by atoms with Gasteiger partial charge in [0, 0.05) is 19.3 Å². The summed E-state index contributed by atoms with van der Waals surface area (Å²) >= 11 is 0. The molecule has 0 fully saturated rings. The van der Waals surface area contributed by atoms with E-state index in [2.05, 4.69) is 45.1 Å². The van der Waals surface area contributed by atoms with Crippen LogP contribution >= 0.6 is 0 Å². The lowest BCUT2D eigenvalue weighted by atomic mass is 10.0. The fourth-order valence-corrected chi connectivity index (χ4v) is 8.66. The Morgan fingerprint density at radius 1 is 0.323 bits per heavy atom. The molecule has 0 heterocycles. The first-order chi connectivity index (χ1) is 32.0. The normalized spacial score (nSPS) is 12.1. The van der Waals surface area contributed by atoms with Gasteiger partial charge in [-0.3, -0.25) is 14.4 Å². The van der Waals surface area contributed by atoms with Crippen LogP contribution in [0, 0.1) is 0 Å². The molecule has 0 spiro atoms. The minimum absolute atomic E-state index is 0.0680. The average molecular weight is 916 g/mol. The van der Waals surface area contributed by atoms with Crippen LogP contribution in [-0.2, 0) is 28.6 Å². The van der Waals surface area contributed by atoms with Crippen LogP contribution in [0.3, 0.4) is 0 Å². The van der Waals surface area contributed by atoms with Crippen molar-refractivity contribution >= 4 is 17.9 Å². The first kappa shape index (κ1) is 62.9. The molecular formula is C59H110O6. The highest BCUT2D eigenvalue weighted by molar-refractivity contribution is 5.71. The van der Waals surface area contributed by atoms with Gasteiger partial charge in [0.05, 0.1) is 0 Å². The molecule has 1 atom stereocenters. The predicted molar refractivity (Wildman–Crippen MR) is 279 cm³/mol. The molecule has 0 aromatic rings. The largest absolute Gasteiger partial charge is 0.462 e. The second kappa shape index (κ2) is 54.5. The molecule has 0 aliphatic heterocycles. The summed E-state index contributed by atoms with van der Waals surface area (Å²) in [5.41, 5.74) is 0. The molecule has 382 valence electrons. The molecule has 6 heteroatoms. The molecule has 1 unspecified atom stereocenters. The number of carbonyl (C=O) groups is 3. The highest BCUT2D eigenvalue weighted by Crippen LogP contribution is 2.17. The molecule has 0 saturated carbocycles. The van der Waals surface area contributed by atoms with E-state index >= 15 is 0 Å². The summed E-state index contributed by atoms with van der Waals surface area (Å²) in [6.45, 7) is 6.58. The van der Waals surface area contributed by atoms with Gasteiger partial charge in [0.2, 0.25) is 0 Å². The third-order valence-electron chi connectivity index (χ3n) is 13.0. The fourth-order valence-electron chi connectivity index (χ4n) is 8.66. The van der Waals surface area contributed by atoms with Gasteiger partial charge in [-0.05, 0) is 44.9 Å². The highest BCUT2D eigenvalue weighted by Gasteiger charge is 2.19. The molecular weight excluding hydrogens is 805 g/mol. The second-order valence-corrected chi connectivity index (χ2v) is 19.5. The van der Waals surface area contributed by atoms with Crippen molar-refractivity contribution in [3.63, 3.8) is 0 Å². The van der Waals surface area contributed by atoms with Crippen molar-refractivity contribution in [2.24, 2.45) is 0 Å². The van der Waals surface area contributed by atoms with Crippen molar-refractivity contribution in [1.29, 1.82) is 0 Å². The Labute approximate surface area is 404 Å². The van der Waals surface area contributed by atoms with Gasteiger partial charge in [-0.2, -0.15) is 0 Å². The molecule has 0 aromatic carbocycles. The minimum Gasteiger partial charge on any atom is -0.462 e. The summed E-state index contributed by atoms with van der Waals surface area (Å²) in [6.07, 6.45) is 63.1. The molecule has 0 radical (unpaired) electrons. The monoisotopic (exact) mass is 915 g/mol. The zero-order chi connectivity index (χ0) is 47.2. The second-order valence-electron chi connectivity index (χ2n) is 19.5. The van der Waals surface area contributed by atoms with Crippen LogP contribution in [0.4, 0.5) is 0 Å². The van der Waals surface area contributed by atoms with Crippen molar-refractivity contribution in [2.45, 2.75) is 322 Å². The molecule has 0 amide bonds. The summed E-state index contributed by atoms with van der Waals surface area (Å²) in [4.78, 5) is 38.1. The van der Waals surface area contributed by atoms with E-state index in [0.717, 1.165) is 77.0 Å². The van der Waals surface area contributed by atoms with Crippen LogP contribution < -0.4 is 0 Å². The molecule has 0 saturated heterocycles. The third kappa shape index (κ3) is 52.7. The first-order valence-corrected chi connectivity index (χ1v) is 28.8. The topological polar surface area (TPSA) is 78.9 Å². The van der Waals surface area contributed by atoms with Crippen LogP contribution in [0.15, 0.2) is 24.3 Å². The van der Waals surface area contributed by atoms with E-state index < -0.39 is 6.10 Å². The molecule has 0 bridgehead atoms. The van der Waals surface area contributed by atoms with Crippen LogP contribution in [-0.4, -0.2) is 37.2 Å². The zero-order valence-electron chi connectivity index (χ0n) is 43.8. The van der Waals surface area contributed by atoms with Crippen LogP contribution in [0.25, 0.3) is 0 Å². The lowest BCUT2D eigenvalue weighted by Gasteiger charge is -2.18. The Morgan fingerprint density at radius 2 is 0.600 bits per heavy atom. The minimum atomic E-state index is -0.769. The number of rotatable bonds is 53. The van der Waals surface area contributed by atoms with Gasteiger partial charge in [0.15, 0.2) is 6.10 Å². The van der Waals surface area contributed by atoms with Gasteiger partial charge in [-0.25, -0.2) is 0 Å². The van der Waals surface area contributed by atoms with E-state index in [1.54, 1.807) is 0 Å². The summed E-state index contributed by atoms with van der Waals surface area (Å²) < 4.78 is 16.9. The summed E-state index contributed by atoms with van der Waals surface area (Å²) in [7, 11) is 0. The van der Waals surface area contributed by atoms with Gasteiger partial charge in [-0.15, -0.1) is 0 Å². The Balaban J connectivity index is 4.30. The van der Waals surface area contributed by atoms with E-state index in [-0.39, 0.29) is 31.1 Å². The fraction of sp³-hybridized carbons (Fsp3) is 0.881. The maximum Gasteiger partial charge on any atom is 0.306 e. The van der Waals surface area contributed by atoms with Gasteiger partial charge in [-0.1, -0.05) is 276 Å². The molecule has 0 aliphatic carbocycles. The van der Waals surface area contributed by atoms with Gasteiger partial charge >= 0.3 is 17.9 Å². The van der Waals surface area contributed by atoms with Gasteiger partial charge < -0.3 is 14.2 Å². The quantitative estimate of drug-likeness (QED) is 0.0262. The Morgan fingerprint density at radius 3 is 0.923 bits per heavy atom. The van der Waals surface area contributed by atoms with E-state index in [1.165, 1.54) is 199 Å². The Hall–Kier alpha value is -2.11. The number of hydrogen-bond donors (Lipinski definition) is 0. The number of unbranched alkanes of at least 4 members (excludes halogenated alkanes) is 38. The summed E-state index contributed by atoms with van der Waals surface area (Å²) in [5.74, 6) is -0.854. The lowest BCUT2D eigenvalue weighted by molar-refractivity contribution is -0.167. The summed E-state index contributed by atoms with van der Waals surface area (Å²) in [6, 6.07) is 0. The number of allylic oxidation sites excluding steroid dienone is 4. The molecule has 0 N–H and O–H groups in total. The summed E-state index contributed by atoms with van der Waals surface area (Å²) in [5, 5.41) is 0. The van der Waals surface area contributed by atoms with E-state index in [0.29, 0.717) is 19.3 Å². The average Bonchev–Trinajstić information content (AvgIpc) is 3.30. The molecule has 65 heavy (non-hydrogen) atoms. The smallest absolute Gasteiger partial charge is 0.306 e. The van der Waals surface area contributed by atoms with Crippen molar-refractivity contribution in [3.05, 3.63) is 24.3 Å². The van der Waals surface area contributed by atoms with Crippen molar-refractivity contribution in [3.8, 4) is 0 Å². The number of hydrogen-bond acceptors (Lipinski definition) is 6. The Kier molecular flexibility index (Phi) is 52.7. The first-order valence-electron chi connectivity index (χ1n) is 28.8. The SMILES string of the molecule is CC/C=C\C/C=C\CCCCCCCCCC(=O)OCC(COC(=O)CCCCCCCCCCCCCCCCCCCC)OC(=O)CCCCCCCCCCCCCCCCC. The van der Waals surface area contributed by atoms with Crippen molar-refractivity contribution in [2.75, 3.05) is 13.2 Å². The zero-order valence-corrected chi connectivity index (χ0v) is 43.8. The van der Waals surface area contributed by atoms with E-state index in [9.17, 15) is 14.4 Å². The van der Waals surface area contributed by atoms with Crippen molar-refractivity contribution in [1.82, 2.24) is 0 Å². The highest BCUT2D eigenvalue weighted by atomic mass is 16.6. The van der Waals surface area contributed by atoms with Crippen molar-refractivity contribution < 1.29 is 28.6 Å². The van der Waals surface area contributed by atoms with E-state index in [1.807, 2.05) is 0 Å². The number of ether oxygens (including phenoxy) is 3. The third-order valence-corrected chi connectivity index (χ3v) is 13.0. The van der Waals surface area contributed by atoms with Crippen LogP contribution in [0.2, 0.25) is 0 Å². The maximum atomic E-state index is 12.8. The van der Waals surface area contributed by atoms with E-state index in [4.69, 9.17) is 14.2 Å². The molecule has 0 aromatic heterocycles. The molecule has 0 rings (SSSR count). The lowest BCUT2D eigenvalue weighted by Crippen LogP contribution is -2.30.